The molecular formula is C29H36F3NO6S. The van der Waals surface area contributed by atoms with Gasteiger partial charge in [0.2, 0.25) is 5.54 Å². The van der Waals surface area contributed by atoms with Crippen molar-refractivity contribution in [3.63, 3.8) is 0 Å². The Balaban J connectivity index is 2.18. The van der Waals surface area contributed by atoms with Crippen LogP contribution in [0.5, 0.6) is 0 Å². The van der Waals surface area contributed by atoms with Crippen LogP contribution >= 0.6 is 11.8 Å². The molecule has 2 rings (SSSR count). The standard InChI is InChI=1S/C29H36F3NO6S/c1-7-37-24(34)28(25(35)38-8-2,33-26(36)39-27(4,5)6)15-9-10-20-11-13-22(14-12-20)40-23-17-19(3)16-21(18-23)29(30,31)32/h11-14,16-18H,7-10,15H2,1-6H3,(H,33,36). The van der Waals surface area contributed by atoms with Crippen LogP contribution in [0.3, 0.4) is 0 Å². The van der Waals surface area contributed by atoms with Gasteiger partial charge in [0, 0.05) is 9.79 Å². The second-order valence-corrected chi connectivity index (χ2v) is 11.3. The van der Waals surface area contributed by atoms with Crippen LogP contribution in [0.25, 0.3) is 0 Å². The van der Waals surface area contributed by atoms with Gasteiger partial charge >= 0.3 is 24.2 Å². The van der Waals surface area contributed by atoms with Gasteiger partial charge in [0.25, 0.3) is 0 Å². The Morgan fingerprint density at radius 3 is 1.95 bits per heavy atom. The average Bonchev–Trinajstić information content (AvgIpc) is 2.82. The fourth-order valence-corrected chi connectivity index (χ4v) is 4.80. The van der Waals surface area contributed by atoms with E-state index in [1.165, 1.54) is 11.8 Å². The van der Waals surface area contributed by atoms with Crippen LogP contribution < -0.4 is 5.32 Å². The number of rotatable bonds is 11. The molecule has 0 unspecified atom stereocenters. The van der Waals surface area contributed by atoms with Gasteiger partial charge in [-0.15, -0.1) is 0 Å². The predicted octanol–water partition coefficient (Wildman–Crippen LogP) is 6.88. The van der Waals surface area contributed by atoms with Crippen molar-refractivity contribution < 1.29 is 41.8 Å². The van der Waals surface area contributed by atoms with E-state index in [1.807, 2.05) is 12.1 Å². The Hall–Kier alpha value is -3.21. The summed E-state index contributed by atoms with van der Waals surface area (Å²) in [6.07, 6.45) is -4.76. The third-order valence-electron chi connectivity index (χ3n) is 5.52. The van der Waals surface area contributed by atoms with E-state index in [0.717, 1.165) is 22.6 Å². The minimum Gasteiger partial charge on any atom is -0.464 e. The van der Waals surface area contributed by atoms with E-state index < -0.39 is 40.9 Å². The maximum Gasteiger partial charge on any atom is 0.416 e. The topological polar surface area (TPSA) is 90.9 Å². The first kappa shape index (κ1) is 33.0. The summed E-state index contributed by atoms with van der Waals surface area (Å²) in [5.74, 6) is -1.88. The molecule has 2 aromatic rings. The lowest BCUT2D eigenvalue weighted by Crippen LogP contribution is -2.62. The van der Waals surface area contributed by atoms with Gasteiger partial charge in [-0.05, 0) is 102 Å². The van der Waals surface area contributed by atoms with E-state index in [9.17, 15) is 27.6 Å². The number of hydrogen-bond acceptors (Lipinski definition) is 7. The Morgan fingerprint density at radius 2 is 1.45 bits per heavy atom. The van der Waals surface area contributed by atoms with Crippen molar-refractivity contribution in [1.82, 2.24) is 5.32 Å². The molecule has 1 amide bonds. The summed E-state index contributed by atoms with van der Waals surface area (Å²) in [6, 6.07) is 11.1. The fraction of sp³-hybridized carbons (Fsp3) is 0.483. The Kier molecular flexibility index (Phi) is 11.5. The molecule has 7 nitrogen and oxygen atoms in total. The second-order valence-electron chi connectivity index (χ2n) is 10.1. The molecule has 0 aromatic heterocycles. The number of halogens is 3. The van der Waals surface area contributed by atoms with Crippen molar-refractivity contribution >= 4 is 29.8 Å². The van der Waals surface area contributed by atoms with Crippen LogP contribution in [-0.4, -0.2) is 42.4 Å². The van der Waals surface area contributed by atoms with Crippen LogP contribution in [0, 0.1) is 6.92 Å². The van der Waals surface area contributed by atoms with Crippen molar-refractivity contribution in [2.45, 2.75) is 87.9 Å². The van der Waals surface area contributed by atoms with Gasteiger partial charge in [0.15, 0.2) is 0 Å². The molecular weight excluding hydrogens is 547 g/mol. The average molecular weight is 584 g/mol. The van der Waals surface area contributed by atoms with Crippen molar-refractivity contribution in [2.75, 3.05) is 13.2 Å². The first-order valence-electron chi connectivity index (χ1n) is 12.9. The highest BCUT2D eigenvalue weighted by Crippen LogP contribution is 2.35. The number of aryl methyl sites for hydroxylation is 2. The Bertz CT molecular complexity index is 1160. The van der Waals surface area contributed by atoms with Gasteiger partial charge in [-0.1, -0.05) is 23.9 Å². The number of benzene rings is 2. The molecule has 0 aliphatic heterocycles. The summed E-state index contributed by atoms with van der Waals surface area (Å²) in [6.45, 7) is 9.72. The lowest BCUT2D eigenvalue weighted by atomic mass is 9.91. The van der Waals surface area contributed by atoms with Crippen LogP contribution in [0.1, 0.15) is 64.2 Å². The van der Waals surface area contributed by atoms with Crippen LogP contribution in [0.2, 0.25) is 0 Å². The quantitative estimate of drug-likeness (QED) is 0.175. The molecule has 0 atom stereocenters. The molecule has 0 heterocycles. The summed E-state index contributed by atoms with van der Waals surface area (Å²) >= 11 is 1.22. The number of amides is 1. The molecule has 1 N–H and O–H groups in total. The lowest BCUT2D eigenvalue weighted by molar-refractivity contribution is -0.166. The van der Waals surface area contributed by atoms with Crippen molar-refractivity contribution in [2.24, 2.45) is 0 Å². The number of esters is 2. The number of alkyl carbamates (subject to hydrolysis) is 1. The molecule has 0 saturated carbocycles. The molecule has 0 bridgehead atoms. The van der Waals surface area contributed by atoms with Crippen LogP contribution in [0.4, 0.5) is 18.0 Å². The normalized spacial score (nSPS) is 12.0. The zero-order chi connectivity index (χ0) is 30.1. The van der Waals surface area contributed by atoms with Crippen LogP contribution in [0.15, 0.2) is 52.3 Å². The summed E-state index contributed by atoms with van der Waals surface area (Å²) in [5.41, 5.74) is -2.28. The Labute approximate surface area is 237 Å². The first-order valence-corrected chi connectivity index (χ1v) is 13.7. The summed E-state index contributed by atoms with van der Waals surface area (Å²) in [5, 5.41) is 2.40. The lowest BCUT2D eigenvalue weighted by Gasteiger charge is -2.31. The van der Waals surface area contributed by atoms with Crippen molar-refractivity contribution in [3.05, 3.63) is 59.2 Å². The van der Waals surface area contributed by atoms with Crippen LogP contribution in [-0.2, 0) is 36.4 Å². The van der Waals surface area contributed by atoms with Gasteiger partial charge in [0.05, 0.1) is 18.8 Å². The second kappa shape index (κ2) is 13.9. The van der Waals surface area contributed by atoms with Crippen molar-refractivity contribution in [1.29, 1.82) is 0 Å². The number of nitrogens with one attached hydrogen (secondary N) is 1. The molecule has 0 radical (unpaired) electrons. The van der Waals surface area contributed by atoms with Gasteiger partial charge in [-0.2, -0.15) is 13.2 Å². The molecule has 0 aliphatic rings. The van der Waals surface area contributed by atoms with Gasteiger partial charge in [0.1, 0.15) is 5.60 Å². The number of hydrogen-bond donors (Lipinski definition) is 1. The largest absolute Gasteiger partial charge is 0.464 e. The minimum atomic E-state index is -4.42. The van der Waals surface area contributed by atoms with Gasteiger partial charge in [-0.25, -0.2) is 14.4 Å². The number of carbonyl (C=O) groups is 3. The van der Waals surface area contributed by atoms with E-state index in [0.29, 0.717) is 23.3 Å². The molecule has 2 aromatic carbocycles. The summed E-state index contributed by atoms with van der Waals surface area (Å²) in [7, 11) is 0. The zero-order valence-electron chi connectivity index (χ0n) is 23.6. The first-order chi connectivity index (χ1) is 18.6. The highest BCUT2D eigenvalue weighted by Gasteiger charge is 2.50. The molecule has 0 aliphatic carbocycles. The monoisotopic (exact) mass is 583 g/mol. The van der Waals surface area contributed by atoms with Gasteiger partial charge in [-0.3, -0.25) is 5.32 Å². The van der Waals surface area contributed by atoms with Crippen molar-refractivity contribution in [3.8, 4) is 0 Å². The minimum absolute atomic E-state index is 0.0134. The van der Waals surface area contributed by atoms with E-state index in [-0.39, 0.29) is 19.6 Å². The summed E-state index contributed by atoms with van der Waals surface area (Å²) in [4.78, 5) is 39.8. The third kappa shape index (κ3) is 9.76. The van der Waals surface area contributed by atoms with E-state index in [2.05, 4.69) is 5.32 Å². The molecule has 0 spiro atoms. The summed E-state index contributed by atoms with van der Waals surface area (Å²) < 4.78 is 55.1. The molecule has 220 valence electrons. The maximum atomic E-state index is 13.2. The fourth-order valence-electron chi connectivity index (χ4n) is 3.83. The van der Waals surface area contributed by atoms with Gasteiger partial charge < -0.3 is 14.2 Å². The highest BCUT2D eigenvalue weighted by molar-refractivity contribution is 7.99. The number of ether oxygens (including phenoxy) is 3. The number of carbonyl (C=O) groups excluding carboxylic acids is 3. The predicted molar refractivity (Wildman–Crippen MR) is 145 cm³/mol. The number of alkyl halides is 3. The molecule has 0 saturated heterocycles. The maximum absolute atomic E-state index is 13.2. The molecule has 40 heavy (non-hydrogen) atoms. The van der Waals surface area contributed by atoms with E-state index in [4.69, 9.17) is 14.2 Å². The SMILES string of the molecule is CCOC(=O)C(CCCc1ccc(Sc2cc(C)cc(C(F)(F)F)c2)cc1)(NC(=O)OC(C)(C)C)C(=O)OCC. The van der Waals surface area contributed by atoms with E-state index >= 15 is 0 Å². The smallest absolute Gasteiger partial charge is 0.416 e. The highest BCUT2D eigenvalue weighted by atomic mass is 32.2. The Morgan fingerprint density at radius 1 is 0.875 bits per heavy atom. The zero-order valence-corrected chi connectivity index (χ0v) is 24.4. The van der Waals surface area contributed by atoms with E-state index in [1.54, 1.807) is 59.7 Å². The third-order valence-corrected chi connectivity index (χ3v) is 6.50. The molecule has 0 fully saturated rings. The molecule has 11 heteroatoms.